The molecule has 2 unspecified atom stereocenters. The minimum Gasteiger partial charge on any atom is -0.462 e. The van der Waals surface area contributed by atoms with E-state index in [1.807, 2.05) is 25.2 Å². The van der Waals surface area contributed by atoms with Crippen LogP contribution in [-0.4, -0.2) is 64.7 Å². The first-order chi connectivity index (χ1) is 18.0. The second-order valence-corrected chi connectivity index (χ2v) is 12.0. The average Bonchev–Trinajstić information content (AvgIpc) is 3.19. The molecule has 208 valence electrons. The number of ether oxygens (including phenoxy) is 4. The van der Waals surface area contributed by atoms with Crippen LogP contribution < -0.4 is 0 Å². The van der Waals surface area contributed by atoms with Crippen LogP contribution in [0, 0.1) is 17.8 Å². The van der Waals surface area contributed by atoms with Gasteiger partial charge >= 0.3 is 5.97 Å². The predicted octanol–water partition coefficient (Wildman–Crippen LogP) is 4.31. The van der Waals surface area contributed by atoms with Gasteiger partial charge in [0, 0.05) is 18.8 Å². The Morgan fingerprint density at radius 2 is 1.87 bits per heavy atom. The number of hydrogen-bond acceptors (Lipinski definition) is 7. The summed E-state index contributed by atoms with van der Waals surface area (Å²) in [6.07, 6.45) is 13.7. The molecule has 5 aliphatic rings. The zero-order chi connectivity index (χ0) is 27.2. The van der Waals surface area contributed by atoms with Crippen LogP contribution in [0.1, 0.15) is 60.3 Å². The summed E-state index contributed by atoms with van der Waals surface area (Å²) in [5.74, 6) is -1.95. The van der Waals surface area contributed by atoms with E-state index in [4.69, 9.17) is 18.9 Å². The maximum Gasteiger partial charge on any atom is 0.316 e. The minimum atomic E-state index is -1.69. The molecule has 7 heteroatoms. The molecule has 2 saturated heterocycles. The highest BCUT2D eigenvalue weighted by atomic mass is 16.7. The lowest BCUT2D eigenvalue weighted by Gasteiger charge is -2.46. The van der Waals surface area contributed by atoms with Crippen LogP contribution in [0.5, 0.6) is 0 Å². The van der Waals surface area contributed by atoms with Gasteiger partial charge in [-0.15, -0.1) is 0 Å². The highest BCUT2D eigenvalue weighted by molar-refractivity contribution is 5.78. The van der Waals surface area contributed by atoms with Crippen molar-refractivity contribution < 1.29 is 34.0 Å². The Bertz CT molecular complexity index is 1090. The lowest BCUT2D eigenvalue weighted by atomic mass is 9.71. The van der Waals surface area contributed by atoms with Crippen LogP contribution >= 0.6 is 0 Å². The van der Waals surface area contributed by atoms with Gasteiger partial charge in [0.1, 0.15) is 29.8 Å². The predicted molar refractivity (Wildman–Crippen MR) is 143 cm³/mol. The van der Waals surface area contributed by atoms with E-state index in [2.05, 4.69) is 39.0 Å². The molecular weight excluding hydrogens is 484 g/mol. The molecule has 38 heavy (non-hydrogen) atoms. The summed E-state index contributed by atoms with van der Waals surface area (Å²) < 4.78 is 25.0. The van der Waals surface area contributed by atoms with E-state index in [1.54, 1.807) is 13.0 Å². The third-order valence-electron chi connectivity index (χ3n) is 8.85. The normalized spacial score (nSPS) is 45.7. The number of esters is 1. The summed E-state index contributed by atoms with van der Waals surface area (Å²) in [6, 6.07) is 0. The van der Waals surface area contributed by atoms with E-state index < -0.39 is 41.6 Å². The Labute approximate surface area is 225 Å². The van der Waals surface area contributed by atoms with Gasteiger partial charge < -0.3 is 29.2 Å². The molecule has 0 aromatic rings. The maximum atomic E-state index is 13.8. The second-order valence-electron chi connectivity index (χ2n) is 12.0. The molecule has 7 nitrogen and oxygen atoms in total. The van der Waals surface area contributed by atoms with E-state index in [9.17, 15) is 15.0 Å². The van der Waals surface area contributed by atoms with Crippen molar-refractivity contribution in [3.05, 3.63) is 59.3 Å². The topological polar surface area (TPSA) is 94.5 Å². The molecule has 4 aliphatic heterocycles. The molecule has 2 N–H and O–H groups in total. The number of allylic oxidation sites excluding steroid dienone is 4. The highest BCUT2D eigenvalue weighted by Gasteiger charge is 2.60. The number of aliphatic hydroxyl groups is 2. The molecule has 0 aromatic heterocycles. The number of carbonyl (C=O) groups excluding carboxylic acids is 1. The van der Waals surface area contributed by atoms with Gasteiger partial charge in [-0.2, -0.15) is 0 Å². The van der Waals surface area contributed by atoms with Crippen LogP contribution in [0.2, 0.25) is 0 Å². The molecule has 2 bridgehead atoms. The molecule has 0 saturated carbocycles. The van der Waals surface area contributed by atoms with Crippen LogP contribution in [0.3, 0.4) is 0 Å². The van der Waals surface area contributed by atoms with E-state index in [1.165, 1.54) is 5.57 Å². The van der Waals surface area contributed by atoms with Crippen molar-refractivity contribution in [2.45, 2.75) is 102 Å². The summed E-state index contributed by atoms with van der Waals surface area (Å²) in [4.78, 5) is 13.8. The fourth-order valence-corrected chi connectivity index (χ4v) is 6.47. The Morgan fingerprint density at radius 3 is 2.63 bits per heavy atom. The summed E-state index contributed by atoms with van der Waals surface area (Å²) in [5.41, 5.74) is 0.728. The van der Waals surface area contributed by atoms with Crippen LogP contribution in [0.15, 0.2) is 59.3 Å². The number of aliphatic hydroxyl groups excluding tert-OH is 1. The first-order valence-corrected chi connectivity index (χ1v) is 14.0. The van der Waals surface area contributed by atoms with E-state index >= 15 is 0 Å². The standard InChI is InChI=1S/C31H42O7/c1-18-7-6-8-23-17-35-28-27(32)21(4)14-26(31(23,28)34)29(33)36-25-15-24(10-9-19(2)13-18)38-30(16-25)12-11-20(3)22(5)37-30/h6-9,11-12,14,18,20,22,24-28,32,34H,10,13,15-17H2,1-5H3/t18-,20-,22+,24+,25-,26?,27?,28+,30-,31+/m0/s1. The van der Waals surface area contributed by atoms with Gasteiger partial charge in [0.05, 0.1) is 18.8 Å². The van der Waals surface area contributed by atoms with Crippen molar-refractivity contribution >= 4 is 5.97 Å². The molecule has 1 spiro atoms. The van der Waals surface area contributed by atoms with Gasteiger partial charge in [0.2, 0.25) is 0 Å². The van der Waals surface area contributed by atoms with Crippen molar-refractivity contribution in [3.63, 3.8) is 0 Å². The Hall–Kier alpha value is -2.03. The third-order valence-corrected chi connectivity index (χ3v) is 8.85. The Balaban J connectivity index is 1.53. The first-order valence-electron chi connectivity index (χ1n) is 14.0. The first kappa shape index (κ1) is 27.5. The summed E-state index contributed by atoms with van der Waals surface area (Å²) >= 11 is 0. The van der Waals surface area contributed by atoms with Crippen molar-refractivity contribution in [1.29, 1.82) is 0 Å². The number of carbonyl (C=O) groups is 1. The lowest BCUT2D eigenvalue weighted by Crippen LogP contribution is -2.58. The summed E-state index contributed by atoms with van der Waals surface area (Å²) in [6.45, 7) is 10.3. The molecule has 0 radical (unpaired) electrons. The molecule has 5 rings (SSSR count). The second kappa shape index (κ2) is 10.5. The number of fused-ring (bicyclic) bond motifs is 2. The molecule has 0 aromatic carbocycles. The summed E-state index contributed by atoms with van der Waals surface area (Å²) in [7, 11) is 0. The van der Waals surface area contributed by atoms with Crippen molar-refractivity contribution in [1.82, 2.24) is 0 Å². The number of hydrogen-bond donors (Lipinski definition) is 2. The minimum absolute atomic E-state index is 0.0342. The van der Waals surface area contributed by atoms with E-state index in [0.717, 1.165) is 6.42 Å². The molecule has 1 aliphatic carbocycles. The molecule has 2 fully saturated rings. The Kier molecular flexibility index (Phi) is 7.61. The maximum absolute atomic E-state index is 13.8. The molecular formula is C31H42O7. The Morgan fingerprint density at radius 1 is 1.08 bits per heavy atom. The van der Waals surface area contributed by atoms with E-state index in [0.29, 0.717) is 30.4 Å². The fourth-order valence-electron chi connectivity index (χ4n) is 6.47. The molecule has 4 heterocycles. The number of rotatable bonds is 0. The van der Waals surface area contributed by atoms with Crippen molar-refractivity contribution in [3.8, 4) is 0 Å². The smallest absolute Gasteiger partial charge is 0.316 e. The molecule has 10 atom stereocenters. The zero-order valence-corrected chi connectivity index (χ0v) is 23.1. The monoisotopic (exact) mass is 526 g/mol. The lowest BCUT2D eigenvalue weighted by molar-refractivity contribution is -0.291. The van der Waals surface area contributed by atoms with Gasteiger partial charge in [-0.1, -0.05) is 55.9 Å². The molecule has 0 amide bonds. The van der Waals surface area contributed by atoms with Crippen LogP contribution in [0.25, 0.3) is 0 Å². The quantitative estimate of drug-likeness (QED) is 0.359. The SMILES string of the molecule is CC1=CC[C@@H]2C[C@@H](C[C@]3(C=C[C@H](C)[C@@H](C)O3)O2)OC(=O)C2C=C(C)C(O)[C@H]3OCC(=CC=C[C@H](C)C1)[C@@]23O. The highest BCUT2D eigenvalue weighted by Crippen LogP contribution is 2.46. The van der Waals surface area contributed by atoms with Crippen LogP contribution in [0.4, 0.5) is 0 Å². The van der Waals surface area contributed by atoms with Gasteiger partial charge in [0.15, 0.2) is 5.79 Å². The average molecular weight is 527 g/mol. The fraction of sp³-hybridized carbons (Fsp3) is 0.645. The third kappa shape index (κ3) is 5.11. The van der Waals surface area contributed by atoms with Gasteiger partial charge in [0.25, 0.3) is 0 Å². The van der Waals surface area contributed by atoms with E-state index in [-0.39, 0.29) is 30.7 Å². The van der Waals surface area contributed by atoms with Gasteiger partial charge in [-0.3, -0.25) is 4.79 Å². The summed E-state index contributed by atoms with van der Waals surface area (Å²) in [5, 5.41) is 22.8. The van der Waals surface area contributed by atoms with Crippen molar-refractivity contribution in [2.24, 2.45) is 17.8 Å². The van der Waals surface area contributed by atoms with Crippen LogP contribution in [-0.2, 0) is 23.7 Å². The van der Waals surface area contributed by atoms with Gasteiger partial charge in [-0.05, 0) is 56.8 Å². The van der Waals surface area contributed by atoms with Gasteiger partial charge in [-0.25, -0.2) is 0 Å². The zero-order valence-electron chi connectivity index (χ0n) is 23.1. The van der Waals surface area contributed by atoms with Crippen molar-refractivity contribution in [2.75, 3.05) is 6.61 Å². The largest absolute Gasteiger partial charge is 0.462 e.